The zero-order chi connectivity index (χ0) is 17.9. The third-order valence-corrected chi connectivity index (χ3v) is 6.47. The van der Waals surface area contributed by atoms with Crippen molar-refractivity contribution in [2.75, 3.05) is 0 Å². The van der Waals surface area contributed by atoms with Crippen LogP contribution in [0.1, 0.15) is 0 Å². The zero-order valence-electron chi connectivity index (χ0n) is 13.1. The first-order valence-electron chi connectivity index (χ1n) is 7.57. The van der Waals surface area contributed by atoms with Crippen LogP contribution in [0.5, 0.6) is 0 Å². The van der Waals surface area contributed by atoms with Crippen molar-refractivity contribution in [1.82, 2.24) is 8.75 Å². The predicted molar refractivity (Wildman–Crippen MR) is 115 cm³/mol. The molecular formula is C18H10Br2N4S2. The number of halogens is 2. The Morgan fingerprint density at radius 1 is 0.615 bits per heavy atom. The van der Waals surface area contributed by atoms with Crippen molar-refractivity contribution in [3.63, 3.8) is 0 Å². The lowest BCUT2D eigenvalue weighted by atomic mass is 10.1. The molecule has 0 N–H and O–H groups in total. The minimum absolute atomic E-state index is 0.721. The summed E-state index contributed by atoms with van der Waals surface area (Å²) in [6.07, 6.45) is 0. The van der Waals surface area contributed by atoms with E-state index in [1.165, 1.54) is 23.1 Å². The van der Waals surface area contributed by atoms with E-state index in [-0.39, 0.29) is 0 Å². The van der Waals surface area contributed by atoms with Gasteiger partial charge in [-0.05, 0) is 54.9 Å². The van der Waals surface area contributed by atoms with Gasteiger partial charge in [0.2, 0.25) is 0 Å². The van der Waals surface area contributed by atoms with E-state index in [2.05, 4.69) is 50.8 Å². The largest absolute Gasteiger partial charge is 0.189 e. The first-order chi connectivity index (χ1) is 12.7. The molecule has 0 aliphatic rings. The molecule has 2 aromatic carbocycles. The van der Waals surface area contributed by atoms with Crippen molar-refractivity contribution >= 4 is 66.3 Å². The average molecular weight is 506 g/mol. The van der Waals surface area contributed by atoms with E-state index in [0.717, 1.165) is 41.5 Å². The standard InChI is InChI=1S/C18H10Br2N4S2/c19-17-15(13(23-25-17)11-7-3-1-4-8-11)21-22-16-14(24-26-18(16)20)12-9-5-2-6-10-12/h1-10H. The van der Waals surface area contributed by atoms with Gasteiger partial charge in [-0.25, -0.2) is 0 Å². The quantitative estimate of drug-likeness (QED) is 0.265. The van der Waals surface area contributed by atoms with E-state index in [4.69, 9.17) is 0 Å². The molecule has 8 heteroatoms. The molecular weight excluding hydrogens is 496 g/mol. The number of hydrogen-bond acceptors (Lipinski definition) is 6. The summed E-state index contributed by atoms with van der Waals surface area (Å²) in [4.78, 5) is 0. The summed E-state index contributed by atoms with van der Waals surface area (Å²) in [6.45, 7) is 0. The number of aromatic nitrogens is 2. The van der Waals surface area contributed by atoms with Gasteiger partial charge in [0, 0.05) is 11.1 Å². The molecule has 0 radical (unpaired) electrons. The fourth-order valence-corrected chi connectivity index (χ4v) is 4.52. The summed E-state index contributed by atoms with van der Waals surface area (Å²) in [7, 11) is 0. The predicted octanol–water partition coefficient (Wildman–Crippen LogP) is 7.87. The molecule has 0 amide bonds. The molecule has 0 bridgehead atoms. The third kappa shape index (κ3) is 3.55. The second-order valence-corrected chi connectivity index (χ2v) is 9.42. The Labute approximate surface area is 175 Å². The smallest absolute Gasteiger partial charge is 0.139 e. The second kappa shape index (κ2) is 7.87. The van der Waals surface area contributed by atoms with Gasteiger partial charge in [-0.1, -0.05) is 60.7 Å². The van der Waals surface area contributed by atoms with Crippen molar-refractivity contribution in [2.45, 2.75) is 0 Å². The van der Waals surface area contributed by atoms with Crippen molar-refractivity contribution < 1.29 is 0 Å². The SMILES string of the molecule is Brc1snc(-c2ccccc2)c1N=Nc1c(-c2ccccc2)nsc1Br. The second-order valence-electron chi connectivity index (χ2n) is 5.24. The molecule has 4 nitrogen and oxygen atoms in total. The summed E-state index contributed by atoms with van der Waals surface area (Å²) in [5.74, 6) is 0. The molecule has 0 unspecified atom stereocenters. The van der Waals surface area contributed by atoms with Gasteiger partial charge in [0.1, 0.15) is 30.3 Å². The minimum Gasteiger partial charge on any atom is -0.189 e. The van der Waals surface area contributed by atoms with E-state index < -0.39 is 0 Å². The van der Waals surface area contributed by atoms with Gasteiger partial charge >= 0.3 is 0 Å². The molecule has 0 aliphatic heterocycles. The fraction of sp³-hybridized carbons (Fsp3) is 0. The molecule has 0 fully saturated rings. The lowest BCUT2D eigenvalue weighted by Gasteiger charge is -1.99. The van der Waals surface area contributed by atoms with Crippen molar-refractivity contribution in [1.29, 1.82) is 0 Å². The normalized spacial score (nSPS) is 11.3. The van der Waals surface area contributed by atoms with E-state index >= 15 is 0 Å². The van der Waals surface area contributed by atoms with Crippen LogP contribution in [-0.4, -0.2) is 8.75 Å². The highest BCUT2D eigenvalue weighted by molar-refractivity contribution is 9.11. The maximum atomic E-state index is 4.51. The van der Waals surface area contributed by atoms with Crippen LogP contribution in [0.2, 0.25) is 0 Å². The Hall–Kier alpha value is -1.74. The topological polar surface area (TPSA) is 50.5 Å². The first kappa shape index (κ1) is 17.7. The first-order valence-corrected chi connectivity index (χ1v) is 10.7. The average Bonchev–Trinajstić information content (AvgIpc) is 3.24. The van der Waals surface area contributed by atoms with Gasteiger partial charge in [0.25, 0.3) is 0 Å². The van der Waals surface area contributed by atoms with Crippen LogP contribution in [0.4, 0.5) is 11.4 Å². The molecule has 0 atom stereocenters. The summed E-state index contributed by atoms with van der Waals surface area (Å²) in [5, 5.41) is 8.99. The Morgan fingerprint density at radius 2 is 1.00 bits per heavy atom. The highest BCUT2D eigenvalue weighted by atomic mass is 79.9. The van der Waals surface area contributed by atoms with Crippen LogP contribution in [0, 0.1) is 0 Å². The maximum Gasteiger partial charge on any atom is 0.139 e. The Balaban J connectivity index is 1.75. The van der Waals surface area contributed by atoms with Crippen LogP contribution in [0.25, 0.3) is 22.5 Å². The van der Waals surface area contributed by atoms with Crippen molar-refractivity contribution in [3.05, 3.63) is 68.2 Å². The monoisotopic (exact) mass is 504 g/mol. The highest BCUT2D eigenvalue weighted by Gasteiger charge is 2.16. The molecule has 2 aromatic heterocycles. The van der Waals surface area contributed by atoms with E-state index in [1.807, 2.05) is 60.7 Å². The van der Waals surface area contributed by atoms with Gasteiger partial charge in [-0.3, -0.25) is 0 Å². The summed E-state index contributed by atoms with van der Waals surface area (Å²) in [6, 6.07) is 19.9. The fourth-order valence-electron chi connectivity index (χ4n) is 2.37. The zero-order valence-corrected chi connectivity index (χ0v) is 17.9. The van der Waals surface area contributed by atoms with Gasteiger partial charge in [-0.15, -0.1) is 10.2 Å². The number of azo groups is 1. The van der Waals surface area contributed by atoms with E-state index in [9.17, 15) is 0 Å². The van der Waals surface area contributed by atoms with E-state index in [1.54, 1.807) is 0 Å². The molecule has 0 saturated carbocycles. The van der Waals surface area contributed by atoms with Crippen LogP contribution in [0.15, 0.2) is 78.5 Å². The van der Waals surface area contributed by atoms with Crippen LogP contribution in [0.3, 0.4) is 0 Å². The van der Waals surface area contributed by atoms with Gasteiger partial charge < -0.3 is 0 Å². The van der Waals surface area contributed by atoms with Crippen LogP contribution < -0.4 is 0 Å². The Morgan fingerprint density at radius 3 is 1.38 bits per heavy atom. The number of hydrogen-bond donors (Lipinski definition) is 0. The Bertz CT molecular complexity index is 974. The van der Waals surface area contributed by atoms with Crippen LogP contribution >= 0.6 is 54.9 Å². The van der Waals surface area contributed by atoms with Crippen molar-refractivity contribution in [3.8, 4) is 22.5 Å². The lowest BCUT2D eigenvalue weighted by Crippen LogP contribution is -1.77. The molecule has 2 heterocycles. The highest BCUT2D eigenvalue weighted by Crippen LogP contribution is 2.43. The minimum atomic E-state index is 0.721. The molecule has 128 valence electrons. The number of rotatable bonds is 4. The van der Waals surface area contributed by atoms with Gasteiger partial charge in [-0.2, -0.15) is 8.75 Å². The summed E-state index contributed by atoms with van der Waals surface area (Å²) < 4.78 is 10.7. The molecule has 0 spiro atoms. The van der Waals surface area contributed by atoms with Gasteiger partial charge in [0.15, 0.2) is 0 Å². The number of nitrogens with zero attached hydrogens (tertiary/aromatic N) is 4. The molecule has 0 saturated heterocycles. The van der Waals surface area contributed by atoms with Crippen LogP contribution in [-0.2, 0) is 0 Å². The van der Waals surface area contributed by atoms with Gasteiger partial charge in [0.05, 0.1) is 0 Å². The summed E-state index contributed by atoms with van der Waals surface area (Å²) in [5.41, 5.74) is 5.08. The van der Waals surface area contributed by atoms with E-state index in [0.29, 0.717) is 0 Å². The lowest BCUT2D eigenvalue weighted by molar-refractivity contribution is 1.23. The maximum absolute atomic E-state index is 4.51. The molecule has 4 aromatic rings. The third-order valence-electron chi connectivity index (χ3n) is 3.60. The summed E-state index contributed by atoms with van der Waals surface area (Å²) >= 11 is 9.79. The Kier molecular flexibility index (Phi) is 5.35. The van der Waals surface area contributed by atoms with Crippen molar-refractivity contribution in [2.24, 2.45) is 10.2 Å². The molecule has 0 aliphatic carbocycles. The number of benzene rings is 2. The molecule has 4 rings (SSSR count). The molecule has 26 heavy (non-hydrogen) atoms.